The number of rotatable bonds is 4. The van der Waals surface area contributed by atoms with E-state index in [1.165, 1.54) is 0 Å². The average Bonchev–Trinajstić information content (AvgIpc) is 2.56. The first kappa shape index (κ1) is 17.9. The molecule has 0 amide bonds. The fourth-order valence-electron chi connectivity index (χ4n) is 4.28. The molecule has 0 bridgehead atoms. The first-order chi connectivity index (χ1) is 11.4. The number of aryl methyl sites for hydroxylation is 1. The van der Waals surface area contributed by atoms with Crippen molar-refractivity contribution in [1.29, 1.82) is 0 Å². The average molecular weight is 352 g/mol. The highest BCUT2D eigenvalue weighted by atomic mass is 32.2. The maximum atomic E-state index is 12.9. The number of hydrogen-bond donors (Lipinski definition) is 1. The summed E-state index contributed by atoms with van der Waals surface area (Å²) in [4.78, 5) is 0.244. The lowest BCUT2D eigenvalue weighted by Gasteiger charge is -2.44. The summed E-state index contributed by atoms with van der Waals surface area (Å²) in [6.07, 6.45) is 7.75. The van der Waals surface area contributed by atoms with Gasteiger partial charge in [-0.2, -0.15) is 8.42 Å². The molecule has 0 spiro atoms. The van der Waals surface area contributed by atoms with Gasteiger partial charge in [0, 0.05) is 0 Å². The monoisotopic (exact) mass is 352 g/mol. The van der Waals surface area contributed by atoms with Crippen LogP contribution in [0.5, 0.6) is 0 Å². The van der Waals surface area contributed by atoms with E-state index in [0.29, 0.717) is 0 Å². The molecular formula is C19H28O4S. The molecule has 2 saturated carbocycles. The Bertz CT molecular complexity index is 636. The van der Waals surface area contributed by atoms with E-state index in [2.05, 4.69) is 0 Å². The third kappa shape index (κ3) is 3.84. The van der Waals surface area contributed by atoms with Crippen LogP contribution in [-0.4, -0.2) is 25.2 Å². The van der Waals surface area contributed by atoms with Crippen LogP contribution in [0.4, 0.5) is 0 Å². The summed E-state index contributed by atoms with van der Waals surface area (Å²) < 4.78 is 31.7. The molecule has 0 aromatic heterocycles. The van der Waals surface area contributed by atoms with Crippen molar-refractivity contribution < 1.29 is 17.7 Å². The summed E-state index contributed by atoms with van der Waals surface area (Å²) in [6, 6.07) is 6.87. The molecule has 5 heteroatoms. The standard InChI is InChI=1S/C19H28O4S/c1-15-5-11-18(12-6-15)24(21,22)23-19(13-3-2-4-14-19)16-7-9-17(20)10-8-16/h5-6,11-12,16-17,20H,2-4,7-10,13-14H2,1H3. The van der Waals surface area contributed by atoms with Gasteiger partial charge in [-0.3, -0.25) is 4.18 Å². The summed E-state index contributed by atoms with van der Waals surface area (Å²) in [6.45, 7) is 1.94. The van der Waals surface area contributed by atoms with Gasteiger partial charge in [0.15, 0.2) is 0 Å². The third-order valence-corrected chi connectivity index (χ3v) is 7.13. The summed E-state index contributed by atoms with van der Waals surface area (Å²) >= 11 is 0. The van der Waals surface area contributed by atoms with Gasteiger partial charge in [-0.05, 0) is 63.5 Å². The third-order valence-electron chi connectivity index (χ3n) is 5.73. The van der Waals surface area contributed by atoms with Gasteiger partial charge in [0.05, 0.1) is 16.6 Å². The lowest BCUT2D eigenvalue weighted by Crippen LogP contribution is -2.46. The quantitative estimate of drug-likeness (QED) is 0.833. The smallest absolute Gasteiger partial charge is 0.297 e. The van der Waals surface area contributed by atoms with Gasteiger partial charge in [-0.1, -0.05) is 37.0 Å². The van der Waals surface area contributed by atoms with Crippen LogP contribution in [0.25, 0.3) is 0 Å². The van der Waals surface area contributed by atoms with E-state index in [0.717, 1.165) is 63.4 Å². The Labute approximate surface area is 145 Å². The second kappa shape index (κ2) is 7.14. The maximum absolute atomic E-state index is 12.9. The molecule has 0 unspecified atom stereocenters. The van der Waals surface area contributed by atoms with Gasteiger partial charge >= 0.3 is 0 Å². The molecule has 0 atom stereocenters. The van der Waals surface area contributed by atoms with Crippen molar-refractivity contribution in [3.8, 4) is 0 Å². The van der Waals surface area contributed by atoms with Crippen molar-refractivity contribution in [2.45, 2.75) is 81.3 Å². The van der Waals surface area contributed by atoms with Crippen molar-refractivity contribution >= 4 is 10.1 Å². The maximum Gasteiger partial charge on any atom is 0.297 e. The zero-order chi connectivity index (χ0) is 17.2. The normalized spacial score (nSPS) is 27.8. The van der Waals surface area contributed by atoms with Crippen LogP contribution < -0.4 is 0 Å². The molecule has 0 aliphatic heterocycles. The van der Waals surface area contributed by atoms with Gasteiger partial charge in [0.25, 0.3) is 10.1 Å². The Morgan fingerprint density at radius 1 is 1.00 bits per heavy atom. The predicted molar refractivity (Wildman–Crippen MR) is 93.2 cm³/mol. The van der Waals surface area contributed by atoms with Crippen LogP contribution >= 0.6 is 0 Å². The molecule has 1 aromatic rings. The van der Waals surface area contributed by atoms with E-state index in [1.54, 1.807) is 24.3 Å². The van der Waals surface area contributed by atoms with Crippen molar-refractivity contribution in [3.05, 3.63) is 29.8 Å². The highest BCUT2D eigenvalue weighted by Gasteiger charge is 2.45. The van der Waals surface area contributed by atoms with Gasteiger partial charge in [0.2, 0.25) is 0 Å². The summed E-state index contributed by atoms with van der Waals surface area (Å²) in [7, 11) is -3.76. The molecule has 0 radical (unpaired) electrons. The zero-order valence-corrected chi connectivity index (χ0v) is 15.2. The zero-order valence-electron chi connectivity index (χ0n) is 14.4. The Morgan fingerprint density at radius 2 is 1.58 bits per heavy atom. The van der Waals surface area contributed by atoms with Crippen molar-refractivity contribution in [3.63, 3.8) is 0 Å². The van der Waals surface area contributed by atoms with Crippen LogP contribution in [0, 0.1) is 12.8 Å². The SMILES string of the molecule is Cc1ccc(S(=O)(=O)OC2(C3CCC(O)CC3)CCCCC2)cc1. The second-order valence-corrected chi connectivity index (χ2v) is 9.03. The molecule has 2 aliphatic rings. The molecule has 0 saturated heterocycles. The number of benzene rings is 1. The molecule has 1 aromatic carbocycles. The lowest BCUT2D eigenvalue weighted by molar-refractivity contribution is -0.0467. The minimum absolute atomic E-state index is 0.224. The molecule has 3 rings (SSSR count). The first-order valence-corrected chi connectivity index (χ1v) is 10.5. The summed E-state index contributed by atoms with van der Waals surface area (Å²) in [5.41, 5.74) is 0.449. The predicted octanol–water partition coefficient (Wildman–Crippen LogP) is 3.95. The molecular weight excluding hydrogens is 324 g/mol. The van der Waals surface area contributed by atoms with Crippen LogP contribution in [0.15, 0.2) is 29.2 Å². The van der Waals surface area contributed by atoms with Crippen molar-refractivity contribution in [2.24, 2.45) is 5.92 Å². The van der Waals surface area contributed by atoms with Gasteiger partial charge in [-0.15, -0.1) is 0 Å². The van der Waals surface area contributed by atoms with Crippen molar-refractivity contribution in [1.82, 2.24) is 0 Å². The van der Waals surface area contributed by atoms with Gasteiger partial charge in [-0.25, -0.2) is 0 Å². The topological polar surface area (TPSA) is 63.6 Å². The van der Waals surface area contributed by atoms with Crippen LogP contribution in [0.1, 0.15) is 63.4 Å². The van der Waals surface area contributed by atoms with Crippen molar-refractivity contribution in [2.75, 3.05) is 0 Å². The molecule has 0 heterocycles. The fraction of sp³-hybridized carbons (Fsp3) is 0.684. The molecule has 1 N–H and O–H groups in total. The summed E-state index contributed by atoms with van der Waals surface area (Å²) in [5, 5.41) is 9.79. The molecule has 24 heavy (non-hydrogen) atoms. The van der Waals surface area contributed by atoms with E-state index in [4.69, 9.17) is 4.18 Å². The van der Waals surface area contributed by atoms with Gasteiger partial charge < -0.3 is 5.11 Å². The molecule has 2 aliphatic carbocycles. The Kier molecular flexibility index (Phi) is 5.33. The first-order valence-electron chi connectivity index (χ1n) is 9.12. The highest BCUT2D eigenvalue weighted by molar-refractivity contribution is 7.86. The number of aliphatic hydroxyl groups excluding tert-OH is 1. The van der Waals surface area contributed by atoms with E-state index in [1.807, 2.05) is 6.92 Å². The number of aliphatic hydroxyl groups is 1. The molecule has 134 valence electrons. The van der Waals surface area contributed by atoms with Crippen LogP contribution in [0.2, 0.25) is 0 Å². The van der Waals surface area contributed by atoms with E-state index in [9.17, 15) is 13.5 Å². The summed E-state index contributed by atoms with van der Waals surface area (Å²) in [5.74, 6) is 0.224. The van der Waals surface area contributed by atoms with Crippen LogP contribution in [-0.2, 0) is 14.3 Å². The second-order valence-electron chi connectivity index (χ2n) is 7.48. The van der Waals surface area contributed by atoms with E-state index >= 15 is 0 Å². The van der Waals surface area contributed by atoms with E-state index in [-0.39, 0.29) is 16.9 Å². The fourth-order valence-corrected chi connectivity index (χ4v) is 5.59. The minimum atomic E-state index is -3.76. The highest BCUT2D eigenvalue weighted by Crippen LogP contribution is 2.45. The van der Waals surface area contributed by atoms with Crippen LogP contribution in [0.3, 0.4) is 0 Å². The molecule has 2 fully saturated rings. The van der Waals surface area contributed by atoms with Gasteiger partial charge in [0.1, 0.15) is 0 Å². The lowest BCUT2D eigenvalue weighted by atomic mass is 9.69. The number of hydrogen-bond acceptors (Lipinski definition) is 4. The van der Waals surface area contributed by atoms with E-state index < -0.39 is 15.7 Å². The Morgan fingerprint density at radius 3 is 2.17 bits per heavy atom. The Hall–Kier alpha value is -0.910. The molecule has 4 nitrogen and oxygen atoms in total. The minimum Gasteiger partial charge on any atom is -0.393 e. The Balaban J connectivity index is 1.85. The largest absolute Gasteiger partial charge is 0.393 e.